The number of ether oxygens (including phenoxy) is 1. The second-order valence-electron chi connectivity index (χ2n) is 6.10. The molecule has 0 aliphatic carbocycles. The predicted octanol–water partition coefficient (Wildman–Crippen LogP) is 4.31. The molecule has 0 saturated carbocycles. The van der Waals surface area contributed by atoms with Gasteiger partial charge in [0.15, 0.2) is 0 Å². The highest BCUT2D eigenvalue weighted by molar-refractivity contribution is 5.86. The van der Waals surface area contributed by atoms with Crippen LogP contribution < -0.4 is 5.32 Å². The fraction of sp³-hybridized carbons (Fsp3) is 0.444. The van der Waals surface area contributed by atoms with Crippen LogP contribution in [0.2, 0.25) is 0 Å². The van der Waals surface area contributed by atoms with Gasteiger partial charge in [0, 0.05) is 0 Å². The lowest BCUT2D eigenvalue weighted by Gasteiger charge is -2.26. The second-order valence-corrected chi connectivity index (χ2v) is 6.10. The lowest BCUT2D eigenvalue weighted by Crippen LogP contribution is -2.30. The minimum Gasteiger partial charge on any atom is -0.374 e. The molecule has 1 N–H and O–H groups in total. The molecule has 0 aliphatic rings. The Morgan fingerprint density at radius 2 is 1.75 bits per heavy atom. The molecular formula is C18H25NO. The molecule has 0 aromatic heterocycles. The van der Waals surface area contributed by atoms with Gasteiger partial charge in [-0.1, -0.05) is 49.4 Å². The van der Waals surface area contributed by atoms with Crippen LogP contribution in [0.1, 0.15) is 39.3 Å². The highest BCUT2D eigenvalue weighted by Gasteiger charge is 2.17. The molecule has 0 saturated heterocycles. The minimum atomic E-state index is -0.113. The van der Waals surface area contributed by atoms with Gasteiger partial charge in [0.25, 0.3) is 0 Å². The summed E-state index contributed by atoms with van der Waals surface area (Å²) in [4.78, 5) is 0. The average molecular weight is 271 g/mol. The molecule has 2 heteroatoms. The maximum Gasteiger partial charge on any atom is 0.0668 e. The van der Waals surface area contributed by atoms with Gasteiger partial charge >= 0.3 is 0 Å². The molecular weight excluding hydrogens is 246 g/mol. The van der Waals surface area contributed by atoms with Gasteiger partial charge in [-0.15, -0.1) is 0 Å². The molecule has 0 amide bonds. The van der Waals surface area contributed by atoms with E-state index in [1.807, 2.05) is 0 Å². The van der Waals surface area contributed by atoms with Crippen molar-refractivity contribution >= 4 is 10.8 Å². The van der Waals surface area contributed by atoms with Crippen LogP contribution in [0.5, 0.6) is 0 Å². The van der Waals surface area contributed by atoms with Crippen molar-refractivity contribution in [3.63, 3.8) is 0 Å². The molecule has 0 heterocycles. The fourth-order valence-electron chi connectivity index (χ4n) is 2.39. The third-order valence-electron chi connectivity index (χ3n) is 3.33. The first kappa shape index (κ1) is 15.0. The second kappa shape index (κ2) is 6.38. The van der Waals surface area contributed by atoms with Crippen molar-refractivity contribution in [2.45, 2.75) is 39.3 Å². The zero-order valence-corrected chi connectivity index (χ0v) is 12.9. The summed E-state index contributed by atoms with van der Waals surface area (Å²) in [5, 5.41) is 6.12. The third-order valence-corrected chi connectivity index (χ3v) is 3.33. The van der Waals surface area contributed by atoms with Crippen molar-refractivity contribution in [2.75, 3.05) is 13.2 Å². The normalized spacial score (nSPS) is 13.6. The van der Waals surface area contributed by atoms with Crippen LogP contribution in [0, 0.1) is 0 Å². The minimum absolute atomic E-state index is 0.113. The Morgan fingerprint density at radius 1 is 1.05 bits per heavy atom. The van der Waals surface area contributed by atoms with Crippen LogP contribution in [0.25, 0.3) is 10.8 Å². The number of hydrogen-bond acceptors (Lipinski definition) is 2. The highest BCUT2D eigenvalue weighted by Crippen LogP contribution is 2.25. The Kier molecular flexibility index (Phi) is 4.79. The van der Waals surface area contributed by atoms with E-state index in [-0.39, 0.29) is 11.6 Å². The zero-order valence-electron chi connectivity index (χ0n) is 12.9. The number of rotatable bonds is 5. The van der Waals surface area contributed by atoms with E-state index in [0.29, 0.717) is 6.61 Å². The van der Waals surface area contributed by atoms with Crippen molar-refractivity contribution in [1.29, 1.82) is 0 Å². The summed E-state index contributed by atoms with van der Waals surface area (Å²) in [6.07, 6.45) is 0. The quantitative estimate of drug-likeness (QED) is 0.875. The smallest absolute Gasteiger partial charge is 0.0668 e. The summed E-state index contributed by atoms with van der Waals surface area (Å²) in [7, 11) is 0. The van der Waals surface area contributed by atoms with Crippen LogP contribution in [-0.2, 0) is 4.74 Å². The van der Waals surface area contributed by atoms with E-state index in [1.54, 1.807) is 0 Å². The highest BCUT2D eigenvalue weighted by atomic mass is 16.5. The number of benzene rings is 2. The molecule has 1 atom stereocenters. The fourth-order valence-corrected chi connectivity index (χ4v) is 2.39. The topological polar surface area (TPSA) is 21.3 Å². The zero-order chi connectivity index (χ0) is 14.6. The van der Waals surface area contributed by atoms with Crippen molar-refractivity contribution in [3.05, 3.63) is 48.0 Å². The number of fused-ring (bicyclic) bond motifs is 1. The average Bonchev–Trinajstić information content (AvgIpc) is 2.42. The van der Waals surface area contributed by atoms with E-state index in [0.717, 1.165) is 6.54 Å². The van der Waals surface area contributed by atoms with Crippen LogP contribution in [0.4, 0.5) is 0 Å². The molecule has 0 radical (unpaired) electrons. The summed E-state index contributed by atoms with van der Waals surface area (Å²) in [5.74, 6) is 0. The predicted molar refractivity (Wildman–Crippen MR) is 86.1 cm³/mol. The Labute approximate surface area is 122 Å². The Morgan fingerprint density at radius 3 is 2.45 bits per heavy atom. The van der Waals surface area contributed by atoms with Gasteiger partial charge < -0.3 is 10.1 Å². The molecule has 2 aromatic rings. The number of hydrogen-bond donors (Lipinski definition) is 1. The van der Waals surface area contributed by atoms with Gasteiger partial charge in [-0.05, 0) is 43.7 Å². The van der Waals surface area contributed by atoms with E-state index in [1.165, 1.54) is 16.3 Å². The lowest BCUT2D eigenvalue weighted by molar-refractivity contribution is -0.0144. The van der Waals surface area contributed by atoms with E-state index in [2.05, 4.69) is 75.5 Å². The van der Waals surface area contributed by atoms with Crippen molar-refractivity contribution < 1.29 is 4.74 Å². The van der Waals surface area contributed by atoms with Gasteiger partial charge in [-0.2, -0.15) is 0 Å². The first-order chi connectivity index (χ1) is 9.51. The molecule has 0 aliphatic heterocycles. The summed E-state index contributed by atoms with van der Waals surface area (Å²) in [5.41, 5.74) is 1.20. The van der Waals surface area contributed by atoms with Gasteiger partial charge in [0.2, 0.25) is 0 Å². The van der Waals surface area contributed by atoms with E-state index >= 15 is 0 Å². The number of nitrogens with one attached hydrogen (secondary N) is 1. The SMILES string of the molecule is CCNC(COC(C)(C)C)c1cccc2ccccc12. The van der Waals surface area contributed by atoms with Gasteiger partial charge in [0.05, 0.1) is 18.2 Å². The molecule has 2 aromatic carbocycles. The first-order valence-corrected chi connectivity index (χ1v) is 7.36. The van der Waals surface area contributed by atoms with Gasteiger partial charge in [0.1, 0.15) is 0 Å². The molecule has 2 rings (SSSR count). The largest absolute Gasteiger partial charge is 0.374 e. The molecule has 108 valence electrons. The Hall–Kier alpha value is -1.38. The van der Waals surface area contributed by atoms with Crippen molar-refractivity contribution in [2.24, 2.45) is 0 Å². The molecule has 1 unspecified atom stereocenters. The monoisotopic (exact) mass is 271 g/mol. The molecule has 0 bridgehead atoms. The van der Waals surface area contributed by atoms with Crippen LogP contribution in [-0.4, -0.2) is 18.8 Å². The lowest BCUT2D eigenvalue weighted by atomic mass is 9.99. The maximum absolute atomic E-state index is 5.98. The third kappa shape index (κ3) is 3.81. The van der Waals surface area contributed by atoms with Crippen LogP contribution >= 0.6 is 0 Å². The summed E-state index contributed by atoms with van der Waals surface area (Å²) in [6.45, 7) is 10.0. The van der Waals surface area contributed by atoms with Crippen LogP contribution in [0.15, 0.2) is 42.5 Å². The summed E-state index contributed by atoms with van der Waals surface area (Å²) >= 11 is 0. The number of likely N-dealkylation sites (N-methyl/N-ethyl adjacent to an activating group) is 1. The summed E-state index contributed by atoms with van der Waals surface area (Å²) < 4.78 is 5.98. The standard InChI is InChI=1S/C18H25NO/c1-5-19-17(13-20-18(2,3)4)16-12-8-10-14-9-6-7-11-15(14)16/h6-12,17,19H,5,13H2,1-4H3. The van der Waals surface area contributed by atoms with Gasteiger partial charge in [-0.25, -0.2) is 0 Å². The van der Waals surface area contributed by atoms with E-state index in [9.17, 15) is 0 Å². The van der Waals surface area contributed by atoms with E-state index in [4.69, 9.17) is 4.74 Å². The first-order valence-electron chi connectivity index (χ1n) is 7.36. The molecule has 0 spiro atoms. The summed E-state index contributed by atoms with van der Waals surface area (Å²) in [6, 6.07) is 15.2. The Bertz CT molecular complexity index is 551. The van der Waals surface area contributed by atoms with Crippen molar-refractivity contribution in [3.8, 4) is 0 Å². The molecule has 0 fully saturated rings. The van der Waals surface area contributed by atoms with Crippen LogP contribution in [0.3, 0.4) is 0 Å². The maximum atomic E-state index is 5.98. The molecule has 20 heavy (non-hydrogen) atoms. The van der Waals surface area contributed by atoms with Crippen molar-refractivity contribution in [1.82, 2.24) is 5.32 Å². The van der Waals surface area contributed by atoms with E-state index < -0.39 is 0 Å². The molecule has 2 nitrogen and oxygen atoms in total. The van der Waals surface area contributed by atoms with Gasteiger partial charge in [-0.3, -0.25) is 0 Å². The Balaban J connectivity index is 2.31.